The highest BCUT2D eigenvalue weighted by Crippen LogP contribution is 2.34. The molecule has 0 aromatic heterocycles. The number of rotatable bonds is 5. The molecule has 0 spiro atoms. The Bertz CT molecular complexity index is 231. The first-order valence-electron chi connectivity index (χ1n) is 6.19. The molecule has 0 radical (unpaired) electrons. The monoisotopic (exact) mass is 228 g/mol. The zero-order chi connectivity index (χ0) is 12.2. The smallest absolute Gasteiger partial charge is 0.228 e. The highest BCUT2D eigenvalue weighted by atomic mass is 16.3. The first-order valence-corrected chi connectivity index (χ1v) is 6.19. The molecule has 1 saturated heterocycles. The van der Waals surface area contributed by atoms with E-state index < -0.39 is 0 Å². The normalized spacial score (nSPS) is 27.1. The fraction of sp³-hybridized carbons (Fsp3) is 0.917. The summed E-state index contributed by atoms with van der Waals surface area (Å²) >= 11 is 0. The average molecular weight is 228 g/mol. The summed E-state index contributed by atoms with van der Waals surface area (Å²) in [5.74, 6) is 0.409. The number of carbonyl (C=O) groups excluding carboxylic acids is 1. The first-order chi connectivity index (χ1) is 7.56. The second-order valence-electron chi connectivity index (χ2n) is 5.00. The molecule has 1 aliphatic heterocycles. The lowest BCUT2D eigenvalue weighted by Gasteiger charge is -2.32. The van der Waals surface area contributed by atoms with Crippen LogP contribution < -0.4 is 10.6 Å². The maximum atomic E-state index is 12.3. The molecule has 3 N–H and O–H groups in total. The van der Waals surface area contributed by atoms with Crippen molar-refractivity contribution in [1.82, 2.24) is 10.6 Å². The molecule has 4 heteroatoms. The number of aliphatic hydroxyl groups is 1. The molecule has 16 heavy (non-hydrogen) atoms. The van der Waals surface area contributed by atoms with Crippen molar-refractivity contribution in [3.8, 4) is 0 Å². The minimum atomic E-state index is -0.289. The van der Waals surface area contributed by atoms with E-state index in [-0.39, 0.29) is 24.0 Å². The second-order valence-corrected chi connectivity index (χ2v) is 5.00. The van der Waals surface area contributed by atoms with Crippen molar-refractivity contribution in [2.24, 2.45) is 11.3 Å². The quantitative estimate of drug-likeness (QED) is 0.642. The van der Waals surface area contributed by atoms with Crippen LogP contribution in [0.4, 0.5) is 0 Å². The first kappa shape index (κ1) is 13.5. The summed E-state index contributed by atoms with van der Waals surface area (Å²) in [5.41, 5.74) is -0.289. The Hall–Kier alpha value is -0.610. The van der Waals surface area contributed by atoms with Crippen LogP contribution in [0.1, 0.15) is 33.6 Å². The Kier molecular flexibility index (Phi) is 4.74. The highest BCUT2D eigenvalue weighted by Gasteiger charge is 2.44. The molecule has 0 aromatic carbocycles. The van der Waals surface area contributed by atoms with Crippen molar-refractivity contribution in [2.75, 3.05) is 19.7 Å². The SMILES string of the molecule is CC[C@@H](CO)NC(=O)C1(C(C)C)CCNC1. The van der Waals surface area contributed by atoms with Crippen molar-refractivity contribution in [2.45, 2.75) is 39.7 Å². The molecule has 1 heterocycles. The van der Waals surface area contributed by atoms with E-state index in [4.69, 9.17) is 5.11 Å². The standard InChI is InChI=1S/C12H24N2O2/c1-4-10(7-15)14-11(16)12(9(2)3)5-6-13-8-12/h9-10,13,15H,4-8H2,1-3H3,(H,14,16)/t10-,12?/m0/s1. The van der Waals surface area contributed by atoms with Crippen molar-refractivity contribution in [1.29, 1.82) is 0 Å². The Balaban J connectivity index is 2.69. The lowest BCUT2D eigenvalue weighted by atomic mass is 9.75. The maximum Gasteiger partial charge on any atom is 0.228 e. The van der Waals surface area contributed by atoms with Gasteiger partial charge in [0.25, 0.3) is 0 Å². The van der Waals surface area contributed by atoms with E-state index in [1.807, 2.05) is 6.92 Å². The molecule has 1 fully saturated rings. The van der Waals surface area contributed by atoms with E-state index in [1.54, 1.807) is 0 Å². The summed E-state index contributed by atoms with van der Waals surface area (Å²) in [6, 6.07) is -0.108. The molecule has 2 atom stereocenters. The van der Waals surface area contributed by atoms with Gasteiger partial charge in [0.2, 0.25) is 5.91 Å². The molecule has 0 aliphatic carbocycles. The average Bonchev–Trinajstić information content (AvgIpc) is 2.75. The topological polar surface area (TPSA) is 61.4 Å². The molecule has 1 rings (SSSR count). The molecule has 0 aromatic rings. The van der Waals surface area contributed by atoms with E-state index in [2.05, 4.69) is 24.5 Å². The Labute approximate surface area is 97.8 Å². The number of nitrogens with one attached hydrogen (secondary N) is 2. The molecule has 1 amide bonds. The van der Waals surface area contributed by atoms with E-state index in [0.717, 1.165) is 25.9 Å². The minimum Gasteiger partial charge on any atom is -0.394 e. The number of amides is 1. The van der Waals surface area contributed by atoms with Crippen LogP contribution in [0.5, 0.6) is 0 Å². The van der Waals surface area contributed by atoms with Gasteiger partial charge in [-0.15, -0.1) is 0 Å². The highest BCUT2D eigenvalue weighted by molar-refractivity contribution is 5.83. The molecule has 0 saturated carbocycles. The van der Waals surface area contributed by atoms with Crippen LogP contribution in [0.15, 0.2) is 0 Å². The fourth-order valence-corrected chi connectivity index (χ4v) is 2.27. The number of hydrogen-bond acceptors (Lipinski definition) is 3. The van der Waals surface area contributed by atoms with E-state index in [1.165, 1.54) is 0 Å². The summed E-state index contributed by atoms with van der Waals surface area (Å²) in [7, 11) is 0. The van der Waals surface area contributed by atoms with E-state index in [9.17, 15) is 4.79 Å². The lowest BCUT2D eigenvalue weighted by molar-refractivity contribution is -0.133. The predicted octanol–water partition coefficient (Wildman–Crippen LogP) is 0.509. The fourth-order valence-electron chi connectivity index (χ4n) is 2.27. The van der Waals surface area contributed by atoms with E-state index in [0.29, 0.717) is 5.92 Å². The third-order valence-corrected chi connectivity index (χ3v) is 3.79. The molecule has 1 unspecified atom stereocenters. The molecular weight excluding hydrogens is 204 g/mol. The minimum absolute atomic E-state index is 0.0177. The number of aliphatic hydroxyl groups excluding tert-OH is 1. The van der Waals surface area contributed by atoms with Gasteiger partial charge in [-0.25, -0.2) is 0 Å². The van der Waals surface area contributed by atoms with Crippen LogP contribution in [0.2, 0.25) is 0 Å². The van der Waals surface area contributed by atoms with Crippen LogP contribution in [0, 0.1) is 11.3 Å². The van der Waals surface area contributed by atoms with Gasteiger partial charge in [0.1, 0.15) is 0 Å². The van der Waals surface area contributed by atoms with Gasteiger partial charge in [-0.05, 0) is 25.3 Å². The van der Waals surface area contributed by atoms with Crippen LogP contribution in [0.25, 0.3) is 0 Å². The summed E-state index contributed by atoms with van der Waals surface area (Å²) in [5, 5.41) is 15.3. The van der Waals surface area contributed by atoms with Gasteiger partial charge in [0.05, 0.1) is 18.1 Å². The summed E-state index contributed by atoms with van der Waals surface area (Å²) in [6.07, 6.45) is 1.65. The van der Waals surface area contributed by atoms with Crippen molar-refractivity contribution < 1.29 is 9.90 Å². The van der Waals surface area contributed by atoms with E-state index >= 15 is 0 Å². The summed E-state index contributed by atoms with van der Waals surface area (Å²) in [6.45, 7) is 7.82. The maximum absolute atomic E-state index is 12.3. The van der Waals surface area contributed by atoms with Crippen LogP contribution in [-0.4, -0.2) is 36.8 Å². The molecular formula is C12H24N2O2. The Morgan fingerprint density at radius 1 is 1.56 bits per heavy atom. The zero-order valence-corrected chi connectivity index (χ0v) is 10.5. The molecule has 1 aliphatic rings. The van der Waals surface area contributed by atoms with Crippen LogP contribution in [-0.2, 0) is 4.79 Å². The van der Waals surface area contributed by atoms with Gasteiger partial charge in [-0.2, -0.15) is 0 Å². The third-order valence-electron chi connectivity index (χ3n) is 3.79. The van der Waals surface area contributed by atoms with Gasteiger partial charge in [-0.3, -0.25) is 4.79 Å². The number of hydrogen-bond donors (Lipinski definition) is 3. The third kappa shape index (κ3) is 2.55. The Morgan fingerprint density at radius 3 is 2.62 bits per heavy atom. The van der Waals surface area contributed by atoms with Gasteiger partial charge in [-0.1, -0.05) is 20.8 Å². The number of carbonyl (C=O) groups is 1. The lowest BCUT2D eigenvalue weighted by Crippen LogP contribution is -2.50. The Morgan fingerprint density at radius 2 is 2.25 bits per heavy atom. The van der Waals surface area contributed by atoms with Gasteiger partial charge in [0, 0.05) is 6.54 Å². The van der Waals surface area contributed by atoms with Crippen molar-refractivity contribution in [3.63, 3.8) is 0 Å². The van der Waals surface area contributed by atoms with Gasteiger partial charge >= 0.3 is 0 Å². The summed E-state index contributed by atoms with van der Waals surface area (Å²) in [4.78, 5) is 12.3. The molecule has 94 valence electrons. The van der Waals surface area contributed by atoms with Crippen molar-refractivity contribution in [3.05, 3.63) is 0 Å². The second kappa shape index (κ2) is 5.64. The molecule has 4 nitrogen and oxygen atoms in total. The van der Waals surface area contributed by atoms with Crippen molar-refractivity contribution >= 4 is 5.91 Å². The van der Waals surface area contributed by atoms with Crippen LogP contribution >= 0.6 is 0 Å². The largest absolute Gasteiger partial charge is 0.394 e. The van der Waals surface area contributed by atoms with Crippen LogP contribution in [0.3, 0.4) is 0 Å². The summed E-state index contributed by atoms with van der Waals surface area (Å²) < 4.78 is 0. The molecule has 0 bridgehead atoms. The van der Waals surface area contributed by atoms with Gasteiger partial charge < -0.3 is 15.7 Å². The van der Waals surface area contributed by atoms with Gasteiger partial charge in [0.15, 0.2) is 0 Å². The predicted molar refractivity (Wildman–Crippen MR) is 64.1 cm³/mol. The zero-order valence-electron chi connectivity index (χ0n) is 10.5.